The van der Waals surface area contributed by atoms with Gasteiger partial charge >= 0.3 is 0 Å². The Labute approximate surface area is 69.4 Å². The summed E-state index contributed by atoms with van der Waals surface area (Å²) in [4.78, 5) is 2.15. The van der Waals surface area contributed by atoms with Crippen LogP contribution in [-0.4, -0.2) is 49.8 Å². The van der Waals surface area contributed by atoms with E-state index in [1.807, 2.05) is 0 Å². The average Bonchev–Trinajstić information content (AvgIpc) is 1.97. The second kappa shape index (κ2) is 6.58. The summed E-state index contributed by atoms with van der Waals surface area (Å²) >= 11 is 0. The number of rotatable bonds is 6. The molecule has 0 aliphatic rings. The van der Waals surface area contributed by atoms with Crippen LogP contribution < -0.4 is 5.32 Å². The van der Waals surface area contributed by atoms with Gasteiger partial charge in [0.05, 0.1) is 6.61 Å². The Morgan fingerprint density at radius 2 is 2.09 bits per heavy atom. The molecule has 0 aromatic rings. The molecule has 0 aliphatic carbocycles. The van der Waals surface area contributed by atoms with E-state index in [9.17, 15) is 0 Å². The zero-order valence-electron chi connectivity index (χ0n) is 7.80. The largest absolute Gasteiger partial charge is 0.395 e. The van der Waals surface area contributed by atoms with Crippen LogP contribution >= 0.6 is 0 Å². The topological polar surface area (TPSA) is 35.5 Å². The van der Waals surface area contributed by atoms with Crippen molar-refractivity contribution in [1.29, 1.82) is 0 Å². The number of hydrogen-bond donors (Lipinski definition) is 2. The van der Waals surface area contributed by atoms with Gasteiger partial charge in [0.1, 0.15) is 0 Å². The van der Waals surface area contributed by atoms with Crippen molar-refractivity contribution in [2.75, 3.05) is 33.8 Å². The molecule has 2 N–H and O–H groups in total. The summed E-state index contributed by atoms with van der Waals surface area (Å²) in [6, 6.07) is 0.511. The first-order valence-electron chi connectivity index (χ1n) is 4.19. The molecule has 0 bridgehead atoms. The molecule has 1 unspecified atom stereocenters. The summed E-state index contributed by atoms with van der Waals surface area (Å²) in [5.41, 5.74) is 0. The second-order valence-electron chi connectivity index (χ2n) is 3.05. The van der Waals surface area contributed by atoms with Gasteiger partial charge < -0.3 is 15.3 Å². The minimum absolute atomic E-state index is 0.226. The lowest BCUT2D eigenvalue weighted by molar-refractivity contribution is 0.267. The number of nitrogens with one attached hydrogen (secondary N) is 1. The molecule has 3 nitrogen and oxygen atoms in total. The highest BCUT2D eigenvalue weighted by Crippen LogP contribution is 1.91. The van der Waals surface area contributed by atoms with E-state index < -0.39 is 0 Å². The molecule has 0 spiro atoms. The third-order valence-electron chi connectivity index (χ3n) is 1.62. The van der Waals surface area contributed by atoms with E-state index in [1.54, 1.807) is 0 Å². The van der Waals surface area contributed by atoms with Crippen molar-refractivity contribution >= 4 is 0 Å². The summed E-state index contributed by atoms with van der Waals surface area (Å²) in [6.45, 7) is 4.12. The van der Waals surface area contributed by atoms with E-state index in [2.05, 4.69) is 31.2 Å². The highest BCUT2D eigenvalue weighted by atomic mass is 16.3. The maximum Gasteiger partial charge on any atom is 0.0556 e. The zero-order chi connectivity index (χ0) is 8.69. The third-order valence-corrected chi connectivity index (χ3v) is 1.62. The fraction of sp³-hybridized carbons (Fsp3) is 1.00. The second-order valence-corrected chi connectivity index (χ2v) is 3.05. The standard InChI is InChI=1S/C8H20N2O/c1-4-8(7-10(2)3)9-5-6-11/h8-9,11H,4-7H2,1-3H3. The van der Waals surface area contributed by atoms with Gasteiger partial charge in [0.15, 0.2) is 0 Å². The van der Waals surface area contributed by atoms with Crippen LogP contribution in [0.25, 0.3) is 0 Å². The van der Waals surface area contributed by atoms with Gasteiger partial charge in [-0.15, -0.1) is 0 Å². The van der Waals surface area contributed by atoms with Crippen LogP contribution in [0.4, 0.5) is 0 Å². The molecule has 0 aromatic carbocycles. The van der Waals surface area contributed by atoms with E-state index in [-0.39, 0.29) is 6.61 Å². The van der Waals surface area contributed by atoms with Crippen LogP contribution in [0.1, 0.15) is 13.3 Å². The van der Waals surface area contributed by atoms with Crippen molar-refractivity contribution < 1.29 is 5.11 Å². The Balaban J connectivity index is 3.41. The maximum absolute atomic E-state index is 8.57. The molecule has 0 rings (SSSR count). The predicted molar refractivity (Wildman–Crippen MR) is 47.7 cm³/mol. The molecule has 11 heavy (non-hydrogen) atoms. The molecule has 68 valence electrons. The van der Waals surface area contributed by atoms with Gasteiger partial charge in [0, 0.05) is 19.1 Å². The van der Waals surface area contributed by atoms with Crippen LogP contribution in [0.5, 0.6) is 0 Å². The fourth-order valence-electron chi connectivity index (χ4n) is 1.05. The first-order chi connectivity index (χ1) is 5.20. The van der Waals surface area contributed by atoms with E-state index in [0.717, 1.165) is 13.0 Å². The van der Waals surface area contributed by atoms with Crippen LogP contribution in [0.15, 0.2) is 0 Å². The van der Waals surface area contributed by atoms with Crippen molar-refractivity contribution in [3.05, 3.63) is 0 Å². The lowest BCUT2D eigenvalue weighted by Crippen LogP contribution is -2.39. The Kier molecular flexibility index (Phi) is 6.51. The van der Waals surface area contributed by atoms with E-state index in [1.165, 1.54) is 0 Å². The van der Waals surface area contributed by atoms with Crippen molar-refractivity contribution in [3.63, 3.8) is 0 Å². The number of aliphatic hydroxyl groups excluding tert-OH is 1. The number of aliphatic hydroxyl groups is 1. The lowest BCUT2D eigenvalue weighted by atomic mass is 10.2. The van der Waals surface area contributed by atoms with Crippen molar-refractivity contribution in [3.8, 4) is 0 Å². The molecule has 0 saturated carbocycles. The summed E-state index contributed by atoms with van der Waals surface area (Å²) in [5.74, 6) is 0. The highest BCUT2D eigenvalue weighted by Gasteiger charge is 2.04. The maximum atomic E-state index is 8.57. The van der Waals surface area contributed by atoms with Crippen LogP contribution in [0.2, 0.25) is 0 Å². The van der Waals surface area contributed by atoms with Crippen molar-refractivity contribution in [2.24, 2.45) is 0 Å². The van der Waals surface area contributed by atoms with Gasteiger partial charge in [-0.1, -0.05) is 6.92 Å². The molecule has 3 heteroatoms. The van der Waals surface area contributed by atoms with Crippen LogP contribution in [0, 0.1) is 0 Å². The van der Waals surface area contributed by atoms with Gasteiger partial charge in [-0.05, 0) is 20.5 Å². The van der Waals surface area contributed by atoms with Crippen LogP contribution in [-0.2, 0) is 0 Å². The van der Waals surface area contributed by atoms with E-state index >= 15 is 0 Å². The molecule has 0 aliphatic heterocycles. The fourth-order valence-corrected chi connectivity index (χ4v) is 1.05. The lowest BCUT2D eigenvalue weighted by Gasteiger charge is -2.20. The number of likely N-dealkylation sites (N-methyl/N-ethyl adjacent to an activating group) is 1. The minimum Gasteiger partial charge on any atom is -0.395 e. The predicted octanol–water partition coefficient (Wildman–Crippen LogP) is -0.0915. The Morgan fingerprint density at radius 1 is 1.45 bits per heavy atom. The Morgan fingerprint density at radius 3 is 2.45 bits per heavy atom. The van der Waals surface area contributed by atoms with Gasteiger partial charge in [0.25, 0.3) is 0 Å². The molecule has 0 heterocycles. The molecule has 0 aromatic heterocycles. The number of nitrogens with zero attached hydrogens (tertiary/aromatic N) is 1. The average molecular weight is 160 g/mol. The normalized spacial score (nSPS) is 13.9. The zero-order valence-corrected chi connectivity index (χ0v) is 7.80. The minimum atomic E-state index is 0.226. The Bertz CT molecular complexity index is 86.2. The first kappa shape index (κ1) is 10.9. The molecule has 0 radical (unpaired) electrons. The van der Waals surface area contributed by atoms with Gasteiger partial charge in [-0.3, -0.25) is 0 Å². The molecule has 0 saturated heterocycles. The molecular weight excluding hydrogens is 140 g/mol. The summed E-state index contributed by atoms with van der Waals surface area (Å²) in [5, 5.41) is 11.8. The van der Waals surface area contributed by atoms with Crippen molar-refractivity contribution in [1.82, 2.24) is 10.2 Å². The van der Waals surface area contributed by atoms with Crippen molar-refractivity contribution in [2.45, 2.75) is 19.4 Å². The summed E-state index contributed by atoms with van der Waals surface area (Å²) in [6.07, 6.45) is 1.11. The van der Waals surface area contributed by atoms with Gasteiger partial charge in [-0.25, -0.2) is 0 Å². The van der Waals surface area contributed by atoms with E-state index in [0.29, 0.717) is 12.6 Å². The molecular formula is C8H20N2O. The van der Waals surface area contributed by atoms with Gasteiger partial charge in [-0.2, -0.15) is 0 Å². The van der Waals surface area contributed by atoms with Gasteiger partial charge in [0.2, 0.25) is 0 Å². The third kappa shape index (κ3) is 6.28. The first-order valence-corrected chi connectivity index (χ1v) is 4.19. The van der Waals surface area contributed by atoms with E-state index in [4.69, 9.17) is 5.11 Å². The highest BCUT2D eigenvalue weighted by molar-refractivity contribution is 4.66. The number of hydrogen-bond acceptors (Lipinski definition) is 3. The Hall–Kier alpha value is -0.120. The SMILES string of the molecule is CCC(CN(C)C)NCCO. The quantitative estimate of drug-likeness (QED) is 0.570. The van der Waals surface area contributed by atoms with Crippen LogP contribution in [0.3, 0.4) is 0 Å². The summed E-state index contributed by atoms with van der Waals surface area (Å²) in [7, 11) is 4.12. The summed E-state index contributed by atoms with van der Waals surface area (Å²) < 4.78 is 0. The molecule has 0 amide bonds. The monoisotopic (exact) mass is 160 g/mol. The molecule has 1 atom stereocenters. The molecule has 0 fully saturated rings. The smallest absolute Gasteiger partial charge is 0.0556 e.